The van der Waals surface area contributed by atoms with Crippen LogP contribution in [0.4, 0.5) is 4.39 Å². The van der Waals surface area contributed by atoms with Crippen LogP contribution in [-0.4, -0.2) is 22.9 Å². The Hall–Kier alpha value is -1.68. The molecule has 1 N–H and O–H groups in total. The van der Waals surface area contributed by atoms with Crippen LogP contribution in [0.3, 0.4) is 0 Å². The van der Waals surface area contributed by atoms with Crippen molar-refractivity contribution in [3.8, 4) is 5.69 Å². The van der Waals surface area contributed by atoms with Gasteiger partial charge in [0.1, 0.15) is 5.82 Å². The first kappa shape index (κ1) is 11.4. The molecule has 2 heterocycles. The topological polar surface area (TPSA) is 29.9 Å². The van der Waals surface area contributed by atoms with Crippen LogP contribution in [0.25, 0.3) is 5.69 Å². The van der Waals surface area contributed by atoms with Gasteiger partial charge < -0.3 is 5.32 Å². The molecule has 3 nitrogen and oxygen atoms in total. The minimum atomic E-state index is -0.219. The highest BCUT2D eigenvalue weighted by atomic mass is 19.1. The molecule has 1 saturated heterocycles. The molecule has 94 valence electrons. The lowest BCUT2D eigenvalue weighted by Crippen LogP contribution is -2.08. The lowest BCUT2D eigenvalue weighted by molar-refractivity contribution is 0.627. The predicted molar refractivity (Wildman–Crippen MR) is 68.5 cm³/mol. The first-order chi connectivity index (χ1) is 8.75. The summed E-state index contributed by atoms with van der Waals surface area (Å²) in [6.45, 7) is 4.17. The smallest absolute Gasteiger partial charge is 0.123 e. The summed E-state index contributed by atoms with van der Waals surface area (Å²) in [5, 5.41) is 7.79. The third-order valence-electron chi connectivity index (χ3n) is 3.62. The highest BCUT2D eigenvalue weighted by molar-refractivity contribution is 5.36. The van der Waals surface area contributed by atoms with Crippen LogP contribution >= 0.6 is 0 Å². The van der Waals surface area contributed by atoms with Gasteiger partial charge >= 0.3 is 0 Å². The van der Waals surface area contributed by atoms with Crippen LogP contribution in [0.5, 0.6) is 0 Å². The molecule has 0 spiro atoms. The van der Waals surface area contributed by atoms with Crippen molar-refractivity contribution in [1.29, 1.82) is 0 Å². The van der Waals surface area contributed by atoms with Crippen LogP contribution in [-0.2, 0) is 0 Å². The summed E-state index contributed by atoms with van der Waals surface area (Å²) >= 11 is 0. The van der Waals surface area contributed by atoms with Gasteiger partial charge in [-0.2, -0.15) is 5.10 Å². The molecular weight excluding hydrogens is 229 g/mol. The molecule has 0 aliphatic carbocycles. The van der Waals surface area contributed by atoms with E-state index in [-0.39, 0.29) is 5.82 Å². The van der Waals surface area contributed by atoms with E-state index in [1.807, 2.05) is 10.9 Å². The Bertz CT molecular complexity index is 539. The Morgan fingerprint density at radius 2 is 2.11 bits per heavy atom. The van der Waals surface area contributed by atoms with Crippen LogP contribution in [0.1, 0.15) is 23.6 Å². The maximum atomic E-state index is 12.9. The molecule has 1 aliphatic rings. The Labute approximate surface area is 106 Å². The van der Waals surface area contributed by atoms with Gasteiger partial charge in [0.2, 0.25) is 0 Å². The van der Waals surface area contributed by atoms with E-state index in [9.17, 15) is 4.39 Å². The van der Waals surface area contributed by atoms with Gasteiger partial charge in [-0.3, -0.25) is 0 Å². The van der Waals surface area contributed by atoms with Crippen LogP contribution in [0, 0.1) is 12.7 Å². The zero-order valence-corrected chi connectivity index (χ0v) is 10.4. The normalized spacial score (nSPS) is 19.3. The fourth-order valence-corrected chi connectivity index (χ4v) is 2.59. The van der Waals surface area contributed by atoms with E-state index in [0.29, 0.717) is 5.92 Å². The zero-order valence-electron chi connectivity index (χ0n) is 10.4. The van der Waals surface area contributed by atoms with Crippen molar-refractivity contribution >= 4 is 0 Å². The molecule has 0 bridgehead atoms. The quantitative estimate of drug-likeness (QED) is 0.880. The first-order valence-corrected chi connectivity index (χ1v) is 6.27. The number of halogens is 1. The minimum absolute atomic E-state index is 0.219. The number of hydrogen-bond acceptors (Lipinski definition) is 2. The summed E-state index contributed by atoms with van der Waals surface area (Å²) in [7, 11) is 0. The molecule has 1 aromatic heterocycles. The molecule has 1 aromatic carbocycles. The van der Waals surface area contributed by atoms with Gasteiger partial charge in [-0.1, -0.05) is 0 Å². The molecule has 18 heavy (non-hydrogen) atoms. The summed E-state index contributed by atoms with van der Waals surface area (Å²) in [4.78, 5) is 0. The maximum Gasteiger partial charge on any atom is 0.123 e. The minimum Gasteiger partial charge on any atom is -0.316 e. The largest absolute Gasteiger partial charge is 0.316 e. The Kier molecular flexibility index (Phi) is 2.88. The third kappa shape index (κ3) is 1.93. The summed E-state index contributed by atoms with van der Waals surface area (Å²) in [5.41, 5.74) is 3.35. The lowest BCUT2D eigenvalue weighted by atomic mass is 9.99. The van der Waals surface area contributed by atoms with Crippen LogP contribution < -0.4 is 5.32 Å². The van der Waals surface area contributed by atoms with E-state index in [2.05, 4.69) is 17.3 Å². The van der Waals surface area contributed by atoms with E-state index < -0.39 is 0 Å². The number of hydrogen-bond donors (Lipinski definition) is 1. The SMILES string of the molecule is Cc1c(C2CCNC2)cnn1-c1ccc(F)cc1. The molecule has 3 rings (SSSR count). The number of aromatic nitrogens is 2. The Morgan fingerprint density at radius 1 is 1.33 bits per heavy atom. The zero-order chi connectivity index (χ0) is 12.5. The molecule has 1 aliphatic heterocycles. The van der Waals surface area contributed by atoms with E-state index in [1.54, 1.807) is 12.1 Å². The second-order valence-corrected chi connectivity index (χ2v) is 4.76. The number of benzene rings is 1. The van der Waals surface area contributed by atoms with Gasteiger partial charge in [0.05, 0.1) is 11.9 Å². The number of nitrogens with one attached hydrogen (secondary N) is 1. The van der Waals surface area contributed by atoms with E-state index in [1.165, 1.54) is 17.7 Å². The molecule has 0 amide bonds. The average molecular weight is 245 g/mol. The number of rotatable bonds is 2. The summed E-state index contributed by atoms with van der Waals surface area (Å²) in [6, 6.07) is 6.44. The van der Waals surface area contributed by atoms with Crippen molar-refractivity contribution in [2.24, 2.45) is 0 Å². The van der Waals surface area contributed by atoms with E-state index >= 15 is 0 Å². The monoisotopic (exact) mass is 245 g/mol. The van der Waals surface area contributed by atoms with Crippen molar-refractivity contribution < 1.29 is 4.39 Å². The van der Waals surface area contributed by atoms with Crippen molar-refractivity contribution in [2.45, 2.75) is 19.3 Å². The molecule has 1 fully saturated rings. The van der Waals surface area contributed by atoms with Gasteiger partial charge in [-0.05, 0) is 49.7 Å². The summed E-state index contributed by atoms with van der Waals surface area (Å²) in [5.74, 6) is 0.336. The maximum absolute atomic E-state index is 12.9. The number of nitrogens with zero attached hydrogens (tertiary/aromatic N) is 2. The molecule has 0 radical (unpaired) electrons. The molecule has 4 heteroatoms. The van der Waals surface area contributed by atoms with Crippen molar-refractivity contribution in [3.63, 3.8) is 0 Å². The van der Waals surface area contributed by atoms with E-state index in [4.69, 9.17) is 0 Å². The van der Waals surface area contributed by atoms with Crippen LogP contribution in [0.2, 0.25) is 0 Å². The van der Waals surface area contributed by atoms with E-state index in [0.717, 1.165) is 30.9 Å². The molecule has 1 atom stereocenters. The molecule has 2 aromatic rings. The van der Waals surface area contributed by atoms with Crippen LogP contribution in [0.15, 0.2) is 30.5 Å². The highest BCUT2D eigenvalue weighted by Crippen LogP contribution is 2.26. The van der Waals surface area contributed by atoms with Gasteiger partial charge in [0, 0.05) is 18.2 Å². The standard InChI is InChI=1S/C14H16FN3/c1-10-14(11-6-7-16-8-11)9-17-18(10)13-4-2-12(15)3-5-13/h2-5,9,11,16H,6-8H2,1H3. The summed E-state index contributed by atoms with van der Waals surface area (Å²) in [6.07, 6.45) is 3.10. The second-order valence-electron chi connectivity index (χ2n) is 4.76. The Balaban J connectivity index is 1.96. The first-order valence-electron chi connectivity index (χ1n) is 6.27. The highest BCUT2D eigenvalue weighted by Gasteiger charge is 2.21. The van der Waals surface area contributed by atoms with Crippen molar-refractivity contribution in [3.05, 3.63) is 47.5 Å². The molecule has 0 saturated carbocycles. The van der Waals surface area contributed by atoms with Crippen molar-refractivity contribution in [2.75, 3.05) is 13.1 Å². The lowest BCUT2D eigenvalue weighted by Gasteiger charge is -2.09. The van der Waals surface area contributed by atoms with Gasteiger partial charge in [-0.25, -0.2) is 9.07 Å². The van der Waals surface area contributed by atoms with Gasteiger partial charge in [0.25, 0.3) is 0 Å². The fraction of sp³-hybridized carbons (Fsp3) is 0.357. The molecule has 1 unspecified atom stereocenters. The Morgan fingerprint density at radius 3 is 2.78 bits per heavy atom. The van der Waals surface area contributed by atoms with Gasteiger partial charge in [-0.15, -0.1) is 0 Å². The average Bonchev–Trinajstić information content (AvgIpc) is 2.99. The predicted octanol–water partition coefficient (Wildman–Crippen LogP) is 2.40. The van der Waals surface area contributed by atoms with Crippen molar-refractivity contribution in [1.82, 2.24) is 15.1 Å². The third-order valence-corrected chi connectivity index (χ3v) is 3.62. The molecular formula is C14H16FN3. The van der Waals surface area contributed by atoms with Gasteiger partial charge in [0.15, 0.2) is 0 Å². The second kappa shape index (κ2) is 4.53. The fourth-order valence-electron chi connectivity index (χ4n) is 2.59. The summed E-state index contributed by atoms with van der Waals surface area (Å²) < 4.78 is 14.8.